The van der Waals surface area contributed by atoms with Crippen LogP contribution in [0.25, 0.3) is 11.0 Å². The summed E-state index contributed by atoms with van der Waals surface area (Å²) in [6.07, 6.45) is 3.98. The minimum Gasteiger partial charge on any atom is -0.464 e. The Balaban J connectivity index is 1.82. The zero-order valence-electron chi connectivity index (χ0n) is 12.4. The summed E-state index contributed by atoms with van der Waals surface area (Å²) in [6.45, 7) is 4.09. The van der Waals surface area contributed by atoms with Gasteiger partial charge in [0, 0.05) is 17.5 Å². The molecule has 2 aromatic carbocycles. The van der Waals surface area contributed by atoms with Crippen molar-refractivity contribution in [3.05, 3.63) is 71.5 Å². The Kier molecular flexibility index (Phi) is 4.37. The minimum absolute atomic E-state index is 0.871. The quantitative estimate of drug-likeness (QED) is 0.671. The molecular formula is C19H21NO. The molecule has 0 saturated heterocycles. The van der Waals surface area contributed by atoms with E-state index in [4.69, 9.17) is 4.42 Å². The predicted molar refractivity (Wildman–Crippen MR) is 87.5 cm³/mol. The summed E-state index contributed by atoms with van der Waals surface area (Å²) in [5, 5.41) is 4.67. The summed E-state index contributed by atoms with van der Waals surface area (Å²) in [4.78, 5) is 0. The molecule has 1 heterocycles. The Labute approximate surface area is 125 Å². The third kappa shape index (κ3) is 3.34. The van der Waals surface area contributed by atoms with Gasteiger partial charge in [-0.15, -0.1) is 0 Å². The van der Waals surface area contributed by atoms with E-state index in [1.165, 1.54) is 22.1 Å². The molecule has 21 heavy (non-hydrogen) atoms. The topological polar surface area (TPSA) is 25.2 Å². The molecule has 0 fully saturated rings. The smallest absolute Gasteiger partial charge is 0.134 e. The van der Waals surface area contributed by atoms with Crippen molar-refractivity contribution < 1.29 is 4.42 Å². The summed E-state index contributed by atoms with van der Waals surface area (Å²) in [6, 6.07) is 17.1. The van der Waals surface area contributed by atoms with Crippen molar-refractivity contribution in [1.29, 1.82) is 0 Å². The number of nitrogens with one attached hydrogen (secondary N) is 1. The lowest BCUT2D eigenvalue weighted by molar-refractivity contribution is 0.601. The van der Waals surface area contributed by atoms with Crippen LogP contribution < -0.4 is 5.32 Å². The molecule has 0 aliphatic rings. The Hall–Kier alpha value is -2.06. The average molecular weight is 279 g/mol. The molecule has 3 aromatic rings. The highest BCUT2D eigenvalue weighted by atomic mass is 16.3. The van der Waals surface area contributed by atoms with Crippen LogP contribution in [0.3, 0.4) is 0 Å². The molecule has 0 unspecified atom stereocenters. The molecule has 1 N–H and O–H groups in total. The highest BCUT2D eigenvalue weighted by molar-refractivity contribution is 5.81. The minimum atomic E-state index is 0.871. The lowest BCUT2D eigenvalue weighted by atomic mass is 10.0. The standard InChI is InChI=1S/C19H21NO/c1-2-10-20-13-17-14-21-19-9-8-16(12-18(17)19)11-15-6-4-3-5-7-15/h3-9,12,14,20H,2,10-11,13H2,1H3. The Morgan fingerprint density at radius 3 is 2.67 bits per heavy atom. The van der Waals surface area contributed by atoms with Gasteiger partial charge in [-0.3, -0.25) is 0 Å². The number of fused-ring (bicyclic) bond motifs is 1. The van der Waals surface area contributed by atoms with E-state index in [9.17, 15) is 0 Å². The summed E-state index contributed by atoms with van der Waals surface area (Å²) < 4.78 is 5.64. The number of benzene rings is 2. The van der Waals surface area contributed by atoms with Crippen LogP contribution in [0.4, 0.5) is 0 Å². The molecule has 0 aliphatic carbocycles. The SMILES string of the molecule is CCCNCc1coc2ccc(Cc3ccccc3)cc12. The Morgan fingerprint density at radius 2 is 1.86 bits per heavy atom. The van der Waals surface area contributed by atoms with E-state index in [2.05, 4.69) is 60.8 Å². The van der Waals surface area contributed by atoms with Crippen molar-refractivity contribution in [1.82, 2.24) is 5.32 Å². The fourth-order valence-corrected chi connectivity index (χ4v) is 2.61. The molecular weight excluding hydrogens is 258 g/mol. The zero-order chi connectivity index (χ0) is 14.5. The van der Waals surface area contributed by atoms with E-state index in [0.717, 1.165) is 31.5 Å². The monoisotopic (exact) mass is 279 g/mol. The second-order valence-corrected chi connectivity index (χ2v) is 5.43. The van der Waals surface area contributed by atoms with E-state index >= 15 is 0 Å². The highest BCUT2D eigenvalue weighted by Gasteiger charge is 2.07. The maximum atomic E-state index is 5.64. The van der Waals surface area contributed by atoms with Crippen LogP contribution in [0.2, 0.25) is 0 Å². The van der Waals surface area contributed by atoms with Gasteiger partial charge in [-0.05, 0) is 42.6 Å². The third-order valence-electron chi connectivity index (χ3n) is 3.71. The van der Waals surface area contributed by atoms with E-state index in [1.54, 1.807) is 0 Å². The lowest BCUT2D eigenvalue weighted by Gasteiger charge is -2.04. The van der Waals surface area contributed by atoms with Crippen LogP contribution in [-0.2, 0) is 13.0 Å². The fraction of sp³-hybridized carbons (Fsp3) is 0.263. The van der Waals surface area contributed by atoms with Gasteiger partial charge in [0.15, 0.2) is 0 Å². The normalized spacial score (nSPS) is 11.1. The second kappa shape index (κ2) is 6.59. The van der Waals surface area contributed by atoms with Crippen LogP contribution in [-0.4, -0.2) is 6.54 Å². The molecule has 0 saturated carbocycles. The van der Waals surface area contributed by atoms with Crippen LogP contribution in [0.5, 0.6) is 0 Å². The van der Waals surface area contributed by atoms with Gasteiger partial charge in [-0.25, -0.2) is 0 Å². The van der Waals surface area contributed by atoms with Crippen molar-refractivity contribution in [3.63, 3.8) is 0 Å². The maximum absolute atomic E-state index is 5.64. The fourth-order valence-electron chi connectivity index (χ4n) is 2.61. The van der Waals surface area contributed by atoms with Crippen LogP contribution in [0, 0.1) is 0 Å². The third-order valence-corrected chi connectivity index (χ3v) is 3.71. The molecule has 2 nitrogen and oxygen atoms in total. The molecule has 0 amide bonds. The van der Waals surface area contributed by atoms with E-state index in [-0.39, 0.29) is 0 Å². The summed E-state index contributed by atoms with van der Waals surface area (Å²) in [5.74, 6) is 0. The highest BCUT2D eigenvalue weighted by Crippen LogP contribution is 2.23. The first-order valence-electron chi connectivity index (χ1n) is 7.60. The van der Waals surface area contributed by atoms with Gasteiger partial charge >= 0.3 is 0 Å². The molecule has 2 heteroatoms. The number of rotatable bonds is 6. The van der Waals surface area contributed by atoms with Crippen molar-refractivity contribution in [2.24, 2.45) is 0 Å². The van der Waals surface area contributed by atoms with Crippen molar-refractivity contribution in [2.45, 2.75) is 26.3 Å². The molecule has 0 spiro atoms. The number of hydrogen-bond donors (Lipinski definition) is 1. The van der Waals surface area contributed by atoms with Crippen molar-refractivity contribution in [2.75, 3.05) is 6.54 Å². The van der Waals surface area contributed by atoms with Crippen LogP contribution >= 0.6 is 0 Å². The van der Waals surface area contributed by atoms with Gasteiger partial charge in [0.05, 0.1) is 6.26 Å². The molecule has 0 radical (unpaired) electrons. The van der Waals surface area contributed by atoms with Crippen molar-refractivity contribution >= 4 is 11.0 Å². The maximum Gasteiger partial charge on any atom is 0.134 e. The van der Waals surface area contributed by atoms with Gasteiger partial charge in [0.2, 0.25) is 0 Å². The molecule has 0 bridgehead atoms. The summed E-state index contributed by atoms with van der Waals surface area (Å²) in [5.41, 5.74) is 4.88. The summed E-state index contributed by atoms with van der Waals surface area (Å²) >= 11 is 0. The summed E-state index contributed by atoms with van der Waals surface area (Å²) in [7, 11) is 0. The van der Waals surface area contributed by atoms with Gasteiger partial charge in [-0.1, -0.05) is 43.3 Å². The molecule has 3 rings (SSSR count). The Morgan fingerprint density at radius 1 is 1.00 bits per heavy atom. The molecule has 0 aliphatic heterocycles. The van der Waals surface area contributed by atoms with E-state index in [1.807, 2.05) is 6.26 Å². The predicted octanol–water partition coefficient (Wildman–Crippen LogP) is 4.52. The second-order valence-electron chi connectivity index (χ2n) is 5.43. The lowest BCUT2D eigenvalue weighted by Crippen LogP contribution is -2.13. The molecule has 0 atom stereocenters. The van der Waals surface area contributed by atoms with Crippen molar-refractivity contribution in [3.8, 4) is 0 Å². The van der Waals surface area contributed by atoms with E-state index in [0.29, 0.717) is 0 Å². The average Bonchev–Trinajstić information content (AvgIpc) is 2.91. The Bertz CT molecular complexity index is 700. The number of hydrogen-bond acceptors (Lipinski definition) is 2. The molecule has 1 aromatic heterocycles. The first-order valence-corrected chi connectivity index (χ1v) is 7.60. The van der Waals surface area contributed by atoms with Gasteiger partial charge in [-0.2, -0.15) is 0 Å². The van der Waals surface area contributed by atoms with E-state index < -0.39 is 0 Å². The molecule has 108 valence electrons. The first-order chi connectivity index (χ1) is 10.4. The first kappa shape index (κ1) is 13.9. The van der Waals surface area contributed by atoms with Gasteiger partial charge in [0.25, 0.3) is 0 Å². The van der Waals surface area contributed by atoms with Gasteiger partial charge < -0.3 is 9.73 Å². The zero-order valence-corrected chi connectivity index (χ0v) is 12.4. The van der Waals surface area contributed by atoms with Crippen LogP contribution in [0.1, 0.15) is 30.0 Å². The van der Waals surface area contributed by atoms with Gasteiger partial charge in [0.1, 0.15) is 5.58 Å². The number of furan rings is 1. The van der Waals surface area contributed by atoms with Crippen LogP contribution in [0.15, 0.2) is 59.2 Å². The largest absolute Gasteiger partial charge is 0.464 e.